The van der Waals surface area contributed by atoms with E-state index in [0.717, 1.165) is 11.1 Å². The Labute approximate surface area is 140 Å². The summed E-state index contributed by atoms with van der Waals surface area (Å²) in [6, 6.07) is 11.6. The molecule has 1 amide bonds. The van der Waals surface area contributed by atoms with Crippen molar-refractivity contribution >= 4 is 12.0 Å². The zero-order valence-electron chi connectivity index (χ0n) is 13.6. The highest BCUT2D eigenvalue weighted by Gasteiger charge is 2.12. The van der Waals surface area contributed by atoms with Crippen molar-refractivity contribution in [3.63, 3.8) is 0 Å². The molecule has 1 atom stereocenters. The van der Waals surface area contributed by atoms with E-state index in [1.807, 2.05) is 25.1 Å². The Kier molecular flexibility index (Phi) is 6.09. The van der Waals surface area contributed by atoms with Crippen molar-refractivity contribution in [3.05, 3.63) is 71.0 Å². The minimum Gasteiger partial charge on any atom is -0.496 e. The fourth-order valence-electron chi connectivity index (χ4n) is 2.26. The van der Waals surface area contributed by atoms with Gasteiger partial charge in [-0.25, -0.2) is 4.39 Å². The number of ether oxygens (including phenoxy) is 1. The van der Waals surface area contributed by atoms with Gasteiger partial charge >= 0.3 is 0 Å². The molecule has 0 radical (unpaired) electrons. The quantitative estimate of drug-likeness (QED) is 0.801. The molecule has 0 heterocycles. The molecule has 0 spiro atoms. The van der Waals surface area contributed by atoms with Crippen LogP contribution >= 0.6 is 0 Å². The number of aliphatic hydroxyl groups excluding tert-OH is 1. The third-order valence-corrected chi connectivity index (χ3v) is 3.53. The molecule has 0 aliphatic rings. The summed E-state index contributed by atoms with van der Waals surface area (Å²) in [5.41, 5.74) is 1.98. The van der Waals surface area contributed by atoms with E-state index in [4.69, 9.17) is 4.74 Å². The van der Waals surface area contributed by atoms with Crippen LogP contribution < -0.4 is 10.1 Å². The lowest BCUT2D eigenvalue weighted by atomic mass is 10.1. The number of rotatable bonds is 6. The summed E-state index contributed by atoms with van der Waals surface area (Å²) < 4.78 is 18.8. The Balaban J connectivity index is 1.96. The van der Waals surface area contributed by atoms with Gasteiger partial charge in [-0.1, -0.05) is 29.8 Å². The minimum absolute atomic E-state index is 0.0743. The number of carbonyl (C=O) groups is 1. The van der Waals surface area contributed by atoms with Crippen LogP contribution in [0.2, 0.25) is 0 Å². The third-order valence-electron chi connectivity index (χ3n) is 3.53. The molecule has 2 rings (SSSR count). The van der Waals surface area contributed by atoms with E-state index in [-0.39, 0.29) is 18.0 Å². The first-order valence-electron chi connectivity index (χ1n) is 7.54. The maximum atomic E-state index is 13.6. The van der Waals surface area contributed by atoms with Gasteiger partial charge in [0.25, 0.3) is 0 Å². The fraction of sp³-hybridized carbons (Fsp3) is 0.211. The Morgan fingerprint density at radius 3 is 2.79 bits per heavy atom. The number of aliphatic hydroxyl groups is 1. The molecule has 0 aliphatic carbocycles. The lowest BCUT2D eigenvalue weighted by molar-refractivity contribution is -0.116. The second kappa shape index (κ2) is 8.26. The van der Waals surface area contributed by atoms with Gasteiger partial charge in [0.2, 0.25) is 5.91 Å². The highest BCUT2D eigenvalue weighted by molar-refractivity contribution is 5.92. The van der Waals surface area contributed by atoms with Gasteiger partial charge in [-0.05, 0) is 31.2 Å². The zero-order chi connectivity index (χ0) is 17.5. The molecule has 5 heteroatoms. The summed E-state index contributed by atoms with van der Waals surface area (Å²) >= 11 is 0. The molecule has 2 N–H and O–H groups in total. The normalized spacial score (nSPS) is 12.2. The number of hydrogen-bond donors (Lipinski definition) is 2. The first-order valence-corrected chi connectivity index (χ1v) is 7.54. The highest BCUT2D eigenvalue weighted by Crippen LogP contribution is 2.21. The number of amides is 1. The summed E-state index contributed by atoms with van der Waals surface area (Å²) in [5, 5.41) is 12.5. The molecule has 2 aromatic carbocycles. The fourth-order valence-corrected chi connectivity index (χ4v) is 2.26. The maximum Gasteiger partial charge on any atom is 0.244 e. The number of nitrogens with one attached hydrogen (secondary N) is 1. The molecule has 0 bridgehead atoms. The predicted octanol–water partition coefficient (Wildman–Crippen LogP) is 3.01. The van der Waals surface area contributed by atoms with Crippen LogP contribution in [0.25, 0.3) is 6.08 Å². The Bertz CT molecular complexity index is 743. The van der Waals surface area contributed by atoms with Gasteiger partial charge in [0, 0.05) is 23.7 Å². The van der Waals surface area contributed by atoms with Gasteiger partial charge in [-0.2, -0.15) is 0 Å². The lowest BCUT2D eigenvalue weighted by Crippen LogP contribution is -2.27. The van der Waals surface area contributed by atoms with E-state index < -0.39 is 11.9 Å². The van der Waals surface area contributed by atoms with E-state index in [1.54, 1.807) is 25.3 Å². The standard InChI is InChI=1S/C19H20FNO3/c1-13-7-9-18(24-2)14(11-13)8-10-19(23)21-12-17(22)15-5-3-4-6-16(15)20/h3-11,17,22H,12H2,1-2H3,(H,21,23)/b10-8+. The Morgan fingerprint density at radius 2 is 2.08 bits per heavy atom. The number of hydrogen-bond acceptors (Lipinski definition) is 3. The van der Waals surface area contributed by atoms with Crippen molar-refractivity contribution in [1.82, 2.24) is 5.32 Å². The van der Waals surface area contributed by atoms with Crippen LogP contribution in [0, 0.1) is 12.7 Å². The first-order chi connectivity index (χ1) is 11.5. The average Bonchev–Trinajstić information content (AvgIpc) is 2.58. The predicted molar refractivity (Wildman–Crippen MR) is 91.1 cm³/mol. The molecule has 0 saturated heterocycles. The Hall–Kier alpha value is -2.66. The molecular weight excluding hydrogens is 309 g/mol. The lowest BCUT2D eigenvalue weighted by Gasteiger charge is -2.12. The van der Waals surface area contributed by atoms with Crippen LogP contribution in [0.5, 0.6) is 5.75 Å². The molecule has 1 unspecified atom stereocenters. The third kappa shape index (κ3) is 4.67. The van der Waals surface area contributed by atoms with Gasteiger partial charge in [-0.15, -0.1) is 0 Å². The van der Waals surface area contributed by atoms with Crippen molar-refractivity contribution in [3.8, 4) is 5.75 Å². The maximum absolute atomic E-state index is 13.6. The molecule has 24 heavy (non-hydrogen) atoms. The molecule has 0 aliphatic heterocycles. The molecule has 0 aromatic heterocycles. The van der Waals surface area contributed by atoms with Gasteiger partial charge in [0.15, 0.2) is 0 Å². The monoisotopic (exact) mass is 329 g/mol. The molecule has 0 fully saturated rings. The van der Waals surface area contributed by atoms with E-state index in [1.165, 1.54) is 18.2 Å². The number of carbonyl (C=O) groups excluding carboxylic acids is 1. The molecule has 2 aromatic rings. The van der Waals surface area contributed by atoms with Crippen molar-refractivity contribution in [1.29, 1.82) is 0 Å². The summed E-state index contributed by atoms with van der Waals surface area (Å²) in [6.07, 6.45) is 1.89. The van der Waals surface area contributed by atoms with Crippen LogP contribution in [0.4, 0.5) is 4.39 Å². The van der Waals surface area contributed by atoms with E-state index in [2.05, 4.69) is 5.32 Å². The summed E-state index contributed by atoms with van der Waals surface area (Å²) in [4.78, 5) is 11.9. The van der Waals surface area contributed by atoms with Crippen LogP contribution in [0.3, 0.4) is 0 Å². The summed E-state index contributed by atoms with van der Waals surface area (Å²) in [7, 11) is 1.56. The van der Waals surface area contributed by atoms with Gasteiger partial charge in [-0.3, -0.25) is 4.79 Å². The first kappa shape index (κ1) is 17.7. The SMILES string of the molecule is COc1ccc(C)cc1/C=C/C(=O)NCC(O)c1ccccc1F. The van der Waals surface area contributed by atoms with Gasteiger partial charge in [0.1, 0.15) is 11.6 Å². The van der Waals surface area contributed by atoms with Crippen molar-refractivity contribution in [2.24, 2.45) is 0 Å². The number of methoxy groups -OCH3 is 1. The van der Waals surface area contributed by atoms with Crippen LogP contribution in [-0.2, 0) is 4.79 Å². The van der Waals surface area contributed by atoms with Crippen LogP contribution in [0.1, 0.15) is 22.8 Å². The molecule has 4 nitrogen and oxygen atoms in total. The number of aryl methyl sites for hydroxylation is 1. The van der Waals surface area contributed by atoms with Gasteiger partial charge in [0.05, 0.1) is 13.2 Å². The second-order valence-electron chi connectivity index (χ2n) is 5.36. The van der Waals surface area contributed by atoms with E-state index in [0.29, 0.717) is 5.75 Å². The topological polar surface area (TPSA) is 58.6 Å². The van der Waals surface area contributed by atoms with E-state index in [9.17, 15) is 14.3 Å². The second-order valence-corrected chi connectivity index (χ2v) is 5.36. The highest BCUT2D eigenvalue weighted by atomic mass is 19.1. The number of benzene rings is 2. The molecule has 126 valence electrons. The average molecular weight is 329 g/mol. The van der Waals surface area contributed by atoms with Crippen molar-refractivity contribution < 1.29 is 19.0 Å². The zero-order valence-corrected chi connectivity index (χ0v) is 13.6. The Morgan fingerprint density at radius 1 is 1.33 bits per heavy atom. The van der Waals surface area contributed by atoms with Gasteiger partial charge < -0.3 is 15.2 Å². The minimum atomic E-state index is -1.10. The van der Waals surface area contributed by atoms with Crippen molar-refractivity contribution in [2.45, 2.75) is 13.0 Å². The largest absolute Gasteiger partial charge is 0.496 e. The van der Waals surface area contributed by atoms with Crippen molar-refractivity contribution in [2.75, 3.05) is 13.7 Å². The number of halogens is 1. The van der Waals surface area contributed by atoms with E-state index >= 15 is 0 Å². The summed E-state index contributed by atoms with van der Waals surface area (Å²) in [5.74, 6) is -0.218. The smallest absolute Gasteiger partial charge is 0.244 e. The summed E-state index contributed by atoms with van der Waals surface area (Å²) in [6.45, 7) is 1.87. The van der Waals surface area contributed by atoms with Crippen LogP contribution in [0.15, 0.2) is 48.5 Å². The molecule has 0 saturated carbocycles. The van der Waals surface area contributed by atoms with Crippen LogP contribution in [-0.4, -0.2) is 24.7 Å². The molecular formula is C19H20FNO3.